The molecular weight excluding hydrogens is 408 g/mol. The summed E-state index contributed by atoms with van der Waals surface area (Å²) in [6.07, 6.45) is 0. The summed E-state index contributed by atoms with van der Waals surface area (Å²) in [5.41, 5.74) is 2.44. The number of hydrogen-bond donors (Lipinski definition) is 2. The largest absolute Gasteiger partial charge is 0.494 e. The number of carbonyl (C=O) groups excluding carboxylic acids is 3. The molecule has 0 aliphatic rings. The third-order valence-corrected chi connectivity index (χ3v) is 4.45. The third-order valence-electron chi connectivity index (χ3n) is 4.45. The van der Waals surface area contributed by atoms with E-state index in [-0.39, 0.29) is 11.8 Å². The van der Waals surface area contributed by atoms with E-state index in [1.807, 2.05) is 19.1 Å². The lowest BCUT2D eigenvalue weighted by atomic mass is 10.1. The van der Waals surface area contributed by atoms with Gasteiger partial charge < -0.3 is 20.1 Å². The van der Waals surface area contributed by atoms with Crippen LogP contribution in [0.3, 0.4) is 0 Å². The summed E-state index contributed by atoms with van der Waals surface area (Å²) >= 11 is 0. The highest BCUT2D eigenvalue weighted by Crippen LogP contribution is 2.16. The predicted molar refractivity (Wildman–Crippen MR) is 121 cm³/mol. The van der Waals surface area contributed by atoms with Crippen LogP contribution in [0, 0.1) is 0 Å². The van der Waals surface area contributed by atoms with E-state index in [2.05, 4.69) is 10.6 Å². The van der Waals surface area contributed by atoms with Gasteiger partial charge in [0.1, 0.15) is 11.5 Å². The maximum Gasteiger partial charge on any atom is 0.308 e. The van der Waals surface area contributed by atoms with Crippen molar-refractivity contribution in [2.24, 2.45) is 0 Å². The summed E-state index contributed by atoms with van der Waals surface area (Å²) < 4.78 is 10.4. The number of ether oxygens (including phenoxy) is 2. The molecule has 0 aromatic heterocycles. The molecule has 0 saturated heterocycles. The van der Waals surface area contributed by atoms with Gasteiger partial charge in [0.2, 0.25) is 0 Å². The van der Waals surface area contributed by atoms with E-state index < -0.39 is 5.97 Å². The Balaban J connectivity index is 1.53. The van der Waals surface area contributed by atoms with Gasteiger partial charge in [-0.05, 0) is 67.1 Å². The predicted octanol–water partition coefficient (Wildman–Crippen LogP) is 4.19. The molecule has 0 heterocycles. The zero-order valence-electron chi connectivity index (χ0n) is 17.9. The van der Waals surface area contributed by atoms with E-state index in [4.69, 9.17) is 9.47 Å². The van der Waals surface area contributed by atoms with E-state index in [0.717, 1.165) is 5.56 Å². The van der Waals surface area contributed by atoms with Crippen LogP contribution in [0.4, 0.5) is 5.69 Å². The maximum atomic E-state index is 12.4. The van der Waals surface area contributed by atoms with Crippen LogP contribution in [-0.4, -0.2) is 24.4 Å². The van der Waals surface area contributed by atoms with Gasteiger partial charge in [0.15, 0.2) is 0 Å². The zero-order chi connectivity index (χ0) is 22.9. The molecule has 7 heteroatoms. The van der Waals surface area contributed by atoms with Crippen LogP contribution < -0.4 is 20.1 Å². The monoisotopic (exact) mass is 432 g/mol. The quantitative estimate of drug-likeness (QED) is 0.411. The van der Waals surface area contributed by atoms with Gasteiger partial charge in [-0.15, -0.1) is 0 Å². The molecule has 0 unspecified atom stereocenters. The van der Waals surface area contributed by atoms with E-state index in [1.165, 1.54) is 13.0 Å². The van der Waals surface area contributed by atoms with Crippen LogP contribution in [0.5, 0.6) is 11.5 Å². The Kier molecular flexibility index (Phi) is 7.59. The zero-order valence-corrected chi connectivity index (χ0v) is 17.9. The van der Waals surface area contributed by atoms with Gasteiger partial charge >= 0.3 is 5.97 Å². The fraction of sp³-hybridized carbons (Fsp3) is 0.160. The molecule has 0 radical (unpaired) electrons. The molecule has 0 aliphatic heterocycles. The summed E-state index contributed by atoms with van der Waals surface area (Å²) in [4.78, 5) is 35.8. The fourth-order valence-electron chi connectivity index (χ4n) is 2.93. The molecule has 164 valence electrons. The number of benzene rings is 3. The minimum absolute atomic E-state index is 0.221. The number of anilines is 1. The molecule has 3 rings (SSSR count). The normalized spacial score (nSPS) is 10.2. The second-order valence-corrected chi connectivity index (χ2v) is 6.91. The summed E-state index contributed by atoms with van der Waals surface area (Å²) in [5.74, 6) is 0.0808. The molecule has 0 fully saturated rings. The molecule has 0 saturated carbocycles. The van der Waals surface area contributed by atoms with E-state index in [0.29, 0.717) is 41.5 Å². The Morgan fingerprint density at radius 3 is 2.19 bits per heavy atom. The second kappa shape index (κ2) is 10.8. The molecule has 0 bridgehead atoms. The minimum atomic E-state index is -0.447. The molecule has 3 aromatic carbocycles. The number of hydrogen-bond acceptors (Lipinski definition) is 5. The topological polar surface area (TPSA) is 93.7 Å². The first-order chi connectivity index (χ1) is 15.4. The van der Waals surface area contributed by atoms with Crippen molar-refractivity contribution < 1.29 is 23.9 Å². The van der Waals surface area contributed by atoms with Crippen LogP contribution >= 0.6 is 0 Å². The smallest absolute Gasteiger partial charge is 0.308 e. The molecule has 2 N–H and O–H groups in total. The standard InChI is InChI=1S/C25H24N2O5/c1-3-31-22-13-9-19(10-14-22)25(30)27-21-11-7-18(8-12-21)16-26-24(29)20-5-4-6-23(15-20)32-17(2)28/h4-15H,3,16H2,1-2H3,(H,26,29)(H,27,30). The third kappa shape index (κ3) is 6.43. The van der Waals surface area contributed by atoms with Gasteiger partial charge in [0, 0.05) is 30.3 Å². The van der Waals surface area contributed by atoms with Crippen molar-refractivity contribution in [3.05, 3.63) is 89.5 Å². The Hall–Kier alpha value is -4.13. The number of amides is 2. The Morgan fingerprint density at radius 1 is 0.812 bits per heavy atom. The highest BCUT2D eigenvalue weighted by molar-refractivity contribution is 6.04. The summed E-state index contributed by atoms with van der Waals surface area (Å²) in [6.45, 7) is 4.08. The van der Waals surface area contributed by atoms with Gasteiger partial charge in [-0.1, -0.05) is 18.2 Å². The van der Waals surface area contributed by atoms with Crippen LogP contribution in [0.1, 0.15) is 40.1 Å². The van der Waals surface area contributed by atoms with Gasteiger partial charge in [0.05, 0.1) is 6.61 Å². The van der Waals surface area contributed by atoms with Crippen LogP contribution in [0.2, 0.25) is 0 Å². The summed E-state index contributed by atoms with van der Waals surface area (Å²) in [5, 5.41) is 5.66. The molecule has 32 heavy (non-hydrogen) atoms. The van der Waals surface area contributed by atoms with E-state index in [9.17, 15) is 14.4 Å². The Bertz CT molecular complexity index is 1090. The van der Waals surface area contributed by atoms with Crippen molar-refractivity contribution in [3.8, 4) is 11.5 Å². The number of rotatable bonds is 8. The number of carbonyl (C=O) groups is 3. The Morgan fingerprint density at radius 2 is 1.53 bits per heavy atom. The average molecular weight is 432 g/mol. The van der Waals surface area contributed by atoms with Gasteiger partial charge in [-0.3, -0.25) is 14.4 Å². The van der Waals surface area contributed by atoms with Crippen molar-refractivity contribution in [1.29, 1.82) is 0 Å². The fourth-order valence-corrected chi connectivity index (χ4v) is 2.93. The minimum Gasteiger partial charge on any atom is -0.494 e. The van der Waals surface area contributed by atoms with Crippen LogP contribution in [0.15, 0.2) is 72.8 Å². The van der Waals surface area contributed by atoms with Crippen molar-refractivity contribution in [1.82, 2.24) is 5.32 Å². The SMILES string of the molecule is CCOc1ccc(C(=O)Nc2ccc(CNC(=O)c3cccc(OC(C)=O)c3)cc2)cc1. The van der Waals surface area contributed by atoms with Crippen molar-refractivity contribution in [2.45, 2.75) is 20.4 Å². The average Bonchev–Trinajstić information content (AvgIpc) is 2.79. The molecule has 0 spiro atoms. The first-order valence-electron chi connectivity index (χ1n) is 10.1. The lowest BCUT2D eigenvalue weighted by molar-refractivity contribution is -0.131. The highest BCUT2D eigenvalue weighted by atomic mass is 16.5. The number of nitrogens with one attached hydrogen (secondary N) is 2. The number of esters is 1. The van der Waals surface area contributed by atoms with Crippen molar-refractivity contribution in [2.75, 3.05) is 11.9 Å². The molecule has 0 atom stereocenters. The summed E-state index contributed by atoms with van der Waals surface area (Å²) in [7, 11) is 0. The van der Waals surface area contributed by atoms with Crippen LogP contribution in [-0.2, 0) is 11.3 Å². The van der Waals surface area contributed by atoms with E-state index in [1.54, 1.807) is 54.6 Å². The van der Waals surface area contributed by atoms with E-state index >= 15 is 0 Å². The first kappa shape index (κ1) is 22.6. The molecule has 0 aliphatic carbocycles. The second-order valence-electron chi connectivity index (χ2n) is 6.91. The lowest BCUT2D eigenvalue weighted by Gasteiger charge is -2.09. The highest BCUT2D eigenvalue weighted by Gasteiger charge is 2.09. The van der Waals surface area contributed by atoms with Gasteiger partial charge in [0.25, 0.3) is 11.8 Å². The first-order valence-corrected chi connectivity index (χ1v) is 10.1. The maximum absolute atomic E-state index is 12.4. The lowest BCUT2D eigenvalue weighted by Crippen LogP contribution is -2.22. The molecular formula is C25H24N2O5. The Labute approximate surface area is 186 Å². The van der Waals surface area contributed by atoms with Crippen LogP contribution in [0.25, 0.3) is 0 Å². The van der Waals surface area contributed by atoms with Crippen molar-refractivity contribution >= 4 is 23.5 Å². The van der Waals surface area contributed by atoms with Crippen molar-refractivity contribution in [3.63, 3.8) is 0 Å². The molecule has 7 nitrogen and oxygen atoms in total. The molecule has 2 amide bonds. The summed E-state index contributed by atoms with van der Waals surface area (Å²) in [6, 6.07) is 20.5. The molecule has 3 aromatic rings. The van der Waals surface area contributed by atoms with Gasteiger partial charge in [-0.25, -0.2) is 0 Å². The van der Waals surface area contributed by atoms with Gasteiger partial charge in [-0.2, -0.15) is 0 Å².